The zero-order valence-corrected chi connectivity index (χ0v) is 21.6. The first kappa shape index (κ1) is 24.6. The van der Waals surface area contributed by atoms with Crippen molar-refractivity contribution in [2.24, 2.45) is 0 Å². The largest absolute Gasteiger partial charge is 0.507 e. The number of aromatic amines is 1. The molecule has 2 heterocycles. The van der Waals surface area contributed by atoms with E-state index in [1.165, 1.54) is 0 Å². The number of benzene rings is 3. The molecule has 190 valence electrons. The molecule has 0 aliphatic carbocycles. The SMILES string of the molecule is CCCCCN1C(=O)c2[nH]nc(-c3cc(C)cc(C)c3O)c2C1c1cccc(OCc2ccccc2)c1. The molecule has 0 fully saturated rings. The molecule has 1 aliphatic rings. The van der Waals surface area contributed by atoms with Gasteiger partial charge in [0, 0.05) is 17.7 Å². The number of aromatic hydroxyl groups is 1. The van der Waals surface area contributed by atoms with Gasteiger partial charge in [0.2, 0.25) is 0 Å². The van der Waals surface area contributed by atoms with E-state index >= 15 is 0 Å². The van der Waals surface area contributed by atoms with E-state index in [0.717, 1.165) is 52.8 Å². The number of carbonyl (C=O) groups is 1. The molecular weight excluding hydrogens is 462 g/mol. The molecule has 0 saturated heterocycles. The minimum absolute atomic E-state index is 0.0608. The summed E-state index contributed by atoms with van der Waals surface area (Å²) in [4.78, 5) is 15.5. The lowest BCUT2D eigenvalue weighted by Gasteiger charge is -2.27. The topological polar surface area (TPSA) is 78.5 Å². The van der Waals surface area contributed by atoms with Crippen molar-refractivity contribution in [3.63, 3.8) is 0 Å². The number of hydrogen-bond acceptors (Lipinski definition) is 4. The first-order chi connectivity index (χ1) is 18.0. The second kappa shape index (κ2) is 10.5. The molecule has 4 aromatic rings. The van der Waals surface area contributed by atoms with Gasteiger partial charge in [-0.3, -0.25) is 9.89 Å². The molecule has 1 aliphatic heterocycles. The summed E-state index contributed by atoms with van der Waals surface area (Å²) in [5.41, 5.74) is 6.41. The van der Waals surface area contributed by atoms with Crippen molar-refractivity contribution in [3.8, 4) is 22.8 Å². The highest BCUT2D eigenvalue weighted by molar-refractivity contribution is 6.00. The molecule has 1 amide bonds. The van der Waals surface area contributed by atoms with Crippen LogP contribution in [0.4, 0.5) is 0 Å². The van der Waals surface area contributed by atoms with Crippen LogP contribution >= 0.6 is 0 Å². The highest BCUT2D eigenvalue weighted by Crippen LogP contribution is 2.45. The lowest BCUT2D eigenvalue weighted by molar-refractivity contribution is 0.0740. The summed E-state index contributed by atoms with van der Waals surface area (Å²) in [5, 5.41) is 18.5. The number of nitrogens with one attached hydrogen (secondary N) is 1. The van der Waals surface area contributed by atoms with E-state index in [9.17, 15) is 9.90 Å². The summed E-state index contributed by atoms with van der Waals surface area (Å²) < 4.78 is 6.12. The van der Waals surface area contributed by atoms with E-state index in [0.29, 0.717) is 30.1 Å². The Balaban J connectivity index is 1.56. The van der Waals surface area contributed by atoms with Crippen LogP contribution in [0.15, 0.2) is 66.7 Å². The lowest BCUT2D eigenvalue weighted by Crippen LogP contribution is -2.30. The summed E-state index contributed by atoms with van der Waals surface area (Å²) in [5.74, 6) is 0.875. The normalized spacial score (nSPS) is 14.7. The van der Waals surface area contributed by atoms with E-state index in [4.69, 9.17) is 4.74 Å². The van der Waals surface area contributed by atoms with Gasteiger partial charge >= 0.3 is 0 Å². The van der Waals surface area contributed by atoms with Crippen molar-refractivity contribution in [2.75, 3.05) is 6.54 Å². The molecule has 6 nitrogen and oxygen atoms in total. The van der Waals surface area contributed by atoms with Crippen molar-refractivity contribution in [3.05, 3.63) is 100 Å². The number of nitrogens with zero attached hydrogens (tertiary/aromatic N) is 2. The van der Waals surface area contributed by atoms with E-state index in [1.54, 1.807) is 0 Å². The van der Waals surface area contributed by atoms with Crippen LogP contribution in [0.5, 0.6) is 11.5 Å². The number of fused-ring (bicyclic) bond motifs is 1. The maximum atomic E-state index is 13.6. The van der Waals surface area contributed by atoms with Crippen LogP contribution in [0.25, 0.3) is 11.3 Å². The Bertz CT molecular complexity index is 1410. The zero-order valence-electron chi connectivity index (χ0n) is 21.6. The molecule has 0 bridgehead atoms. The Labute approximate surface area is 217 Å². The van der Waals surface area contributed by atoms with Crippen LogP contribution < -0.4 is 4.74 Å². The fourth-order valence-corrected chi connectivity index (χ4v) is 5.17. The number of aromatic nitrogens is 2. The van der Waals surface area contributed by atoms with Gasteiger partial charge in [-0.05, 0) is 60.7 Å². The summed E-state index contributed by atoms with van der Waals surface area (Å²) in [7, 11) is 0. The van der Waals surface area contributed by atoms with Gasteiger partial charge in [-0.2, -0.15) is 5.10 Å². The Hall–Kier alpha value is -4.06. The van der Waals surface area contributed by atoms with Gasteiger partial charge in [0.05, 0.1) is 6.04 Å². The summed E-state index contributed by atoms with van der Waals surface area (Å²) in [6.45, 7) is 7.15. The van der Waals surface area contributed by atoms with Gasteiger partial charge in [-0.25, -0.2) is 0 Å². The smallest absolute Gasteiger partial charge is 0.273 e. The molecule has 0 saturated carbocycles. The van der Waals surface area contributed by atoms with Crippen molar-refractivity contribution in [1.82, 2.24) is 15.1 Å². The van der Waals surface area contributed by atoms with E-state index < -0.39 is 0 Å². The first-order valence-electron chi connectivity index (χ1n) is 12.9. The molecule has 5 rings (SSSR count). The Morgan fingerprint density at radius 2 is 1.84 bits per heavy atom. The molecule has 0 radical (unpaired) electrons. The third kappa shape index (κ3) is 4.84. The van der Waals surface area contributed by atoms with Gasteiger partial charge in [0.15, 0.2) is 0 Å². The maximum Gasteiger partial charge on any atom is 0.273 e. The number of phenolic OH excluding ortho intramolecular Hbond substituents is 1. The van der Waals surface area contributed by atoms with Crippen molar-refractivity contribution >= 4 is 5.91 Å². The predicted octanol–water partition coefficient (Wildman–Crippen LogP) is 6.71. The van der Waals surface area contributed by atoms with Crippen LogP contribution in [0.2, 0.25) is 0 Å². The standard InChI is InChI=1S/C31H33N3O3/c1-4-5-9-15-34-29(23-13-10-14-24(18-23)37-19-22-11-7-6-8-12-22)26-27(32-33-28(26)31(34)36)25-17-20(2)16-21(3)30(25)35/h6-8,10-14,16-18,29,35H,4-5,9,15,19H2,1-3H3,(H,32,33). The van der Waals surface area contributed by atoms with Gasteiger partial charge < -0.3 is 14.7 Å². The Morgan fingerprint density at radius 1 is 1.03 bits per heavy atom. The van der Waals surface area contributed by atoms with Gasteiger partial charge in [-0.15, -0.1) is 0 Å². The first-order valence-corrected chi connectivity index (χ1v) is 12.9. The maximum absolute atomic E-state index is 13.6. The Kier molecular flexibility index (Phi) is 6.99. The molecule has 2 N–H and O–H groups in total. The minimum atomic E-state index is -0.325. The molecule has 6 heteroatoms. The van der Waals surface area contributed by atoms with Gasteiger partial charge in [0.25, 0.3) is 5.91 Å². The molecule has 37 heavy (non-hydrogen) atoms. The van der Waals surface area contributed by atoms with Crippen molar-refractivity contribution < 1.29 is 14.6 Å². The number of aryl methyl sites for hydroxylation is 2. The van der Waals surface area contributed by atoms with Crippen LogP contribution in [-0.2, 0) is 6.61 Å². The highest BCUT2D eigenvalue weighted by Gasteiger charge is 2.42. The minimum Gasteiger partial charge on any atom is -0.507 e. The molecule has 1 unspecified atom stereocenters. The second-order valence-corrected chi connectivity index (χ2v) is 9.79. The number of amides is 1. The molecule has 0 spiro atoms. The quantitative estimate of drug-likeness (QED) is 0.253. The van der Waals surface area contributed by atoms with Crippen LogP contribution in [0.1, 0.15) is 70.5 Å². The third-order valence-electron chi connectivity index (χ3n) is 6.99. The molecule has 1 atom stereocenters. The van der Waals surface area contributed by atoms with E-state index in [-0.39, 0.29) is 17.7 Å². The number of ether oxygens (including phenoxy) is 1. The summed E-state index contributed by atoms with van der Waals surface area (Å²) in [6, 6.07) is 21.6. The fourth-order valence-electron chi connectivity index (χ4n) is 5.17. The van der Waals surface area contributed by atoms with E-state index in [2.05, 4.69) is 17.1 Å². The number of unbranched alkanes of at least 4 members (excludes halogenated alkanes) is 2. The average Bonchev–Trinajstić information content (AvgIpc) is 3.45. The lowest BCUT2D eigenvalue weighted by atomic mass is 9.94. The predicted molar refractivity (Wildman–Crippen MR) is 145 cm³/mol. The number of carbonyl (C=O) groups excluding carboxylic acids is 1. The fraction of sp³-hybridized carbons (Fsp3) is 0.290. The van der Waals surface area contributed by atoms with Gasteiger partial charge in [0.1, 0.15) is 29.5 Å². The number of rotatable bonds is 9. The molecular formula is C31H33N3O3. The zero-order chi connectivity index (χ0) is 25.9. The van der Waals surface area contributed by atoms with Crippen molar-refractivity contribution in [1.29, 1.82) is 0 Å². The monoisotopic (exact) mass is 495 g/mol. The number of H-pyrrole nitrogens is 1. The molecule has 3 aromatic carbocycles. The van der Waals surface area contributed by atoms with Crippen molar-refractivity contribution in [2.45, 2.75) is 52.7 Å². The highest BCUT2D eigenvalue weighted by atomic mass is 16.5. The van der Waals surface area contributed by atoms with E-state index in [1.807, 2.05) is 85.5 Å². The average molecular weight is 496 g/mol. The number of hydrogen-bond donors (Lipinski definition) is 2. The van der Waals surface area contributed by atoms with Crippen LogP contribution in [0, 0.1) is 13.8 Å². The second-order valence-electron chi connectivity index (χ2n) is 9.79. The summed E-state index contributed by atoms with van der Waals surface area (Å²) in [6.07, 6.45) is 3.04. The third-order valence-corrected chi connectivity index (χ3v) is 6.99. The Morgan fingerprint density at radius 3 is 2.62 bits per heavy atom. The summed E-state index contributed by atoms with van der Waals surface area (Å²) >= 11 is 0. The van der Waals surface area contributed by atoms with Crippen LogP contribution in [0.3, 0.4) is 0 Å². The van der Waals surface area contributed by atoms with Crippen LogP contribution in [-0.4, -0.2) is 32.7 Å². The van der Waals surface area contributed by atoms with Gasteiger partial charge in [-0.1, -0.05) is 68.3 Å². The number of phenols is 1. The molecule has 1 aromatic heterocycles.